The zero-order chi connectivity index (χ0) is 21.8. The van der Waals surface area contributed by atoms with Crippen LogP contribution in [0.5, 0.6) is 0 Å². The maximum absolute atomic E-state index is 6.04. The Morgan fingerprint density at radius 3 is 2.62 bits per heavy atom. The molecule has 1 saturated carbocycles. The highest BCUT2D eigenvalue weighted by Crippen LogP contribution is 2.35. The molecular weight excluding hydrogens is 402 g/mol. The second-order valence-corrected chi connectivity index (χ2v) is 9.23. The summed E-state index contributed by atoms with van der Waals surface area (Å²) >= 11 is 0. The molecule has 2 aromatic heterocycles. The molecule has 170 valence electrons. The third-order valence-corrected chi connectivity index (χ3v) is 6.84. The van der Waals surface area contributed by atoms with Crippen LogP contribution in [0.15, 0.2) is 47.1 Å². The van der Waals surface area contributed by atoms with E-state index in [0.29, 0.717) is 12.6 Å². The molecule has 7 nitrogen and oxygen atoms in total. The van der Waals surface area contributed by atoms with E-state index in [1.807, 2.05) is 12.1 Å². The Balaban J connectivity index is 1.54. The van der Waals surface area contributed by atoms with E-state index in [9.17, 15) is 0 Å². The fourth-order valence-corrected chi connectivity index (χ4v) is 5.15. The van der Waals surface area contributed by atoms with Gasteiger partial charge in [-0.15, -0.1) is 5.10 Å². The van der Waals surface area contributed by atoms with Crippen LogP contribution in [-0.4, -0.2) is 44.4 Å². The molecule has 2 aliphatic rings. The van der Waals surface area contributed by atoms with E-state index in [2.05, 4.69) is 56.3 Å². The predicted octanol–water partition coefficient (Wildman–Crippen LogP) is 4.85. The Morgan fingerprint density at radius 2 is 1.91 bits per heavy atom. The summed E-state index contributed by atoms with van der Waals surface area (Å²) in [6.45, 7) is 4.46. The highest BCUT2D eigenvalue weighted by Gasteiger charge is 2.33. The summed E-state index contributed by atoms with van der Waals surface area (Å²) in [6, 6.07) is 13.1. The van der Waals surface area contributed by atoms with Crippen LogP contribution in [0.2, 0.25) is 0 Å². The standard InChI is InChI=1S/C25H33N5O2/c1-19-11-13-20(14-12-19)24(25-26-27-28-30(25)21-7-3-2-4-8-21)29(17-22-9-5-15-31-22)18-23-10-6-16-32-23/h5,9,11-15,21,23-24H,2-4,6-8,10,16-18H2,1H3. The van der Waals surface area contributed by atoms with Crippen molar-refractivity contribution in [3.8, 4) is 0 Å². The van der Waals surface area contributed by atoms with Crippen molar-refractivity contribution in [1.82, 2.24) is 25.1 Å². The lowest BCUT2D eigenvalue weighted by Gasteiger charge is -2.33. The number of aromatic nitrogens is 4. The van der Waals surface area contributed by atoms with E-state index < -0.39 is 0 Å². The van der Waals surface area contributed by atoms with Crippen LogP contribution >= 0.6 is 0 Å². The zero-order valence-corrected chi connectivity index (χ0v) is 18.9. The van der Waals surface area contributed by atoms with E-state index in [1.165, 1.54) is 30.4 Å². The van der Waals surface area contributed by atoms with Gasteiger partial charge >= 0.3 is 0 Å². The van der Waals surface area contributed by atoms with Gasteiger partial charge in [-0.1, -0.05) is 49.1 Å². The first-order valence-electron chi connectivity index (χ1n) is 12.0. The molecule has 1 saturated heterocycles. The lowest BCUT2D eigenvalue weighted by molar-refractivity contribution is 0.0541. The predicted molar refractivity (Wildman–Crippen MR) is 121 cm³/mol. The molecular formula is C25H33N5O2. The summed E-state index contributed by atoms with van der Waals surface area (Å²) in [4.78, 5) is 2.44. The summed E-state index contributed by atoms with van der Waals surface area (Å²) in [7, 11) is 0. The van der Waals surface area contributed by atoms with Crippen molar-refractivity contribution in [2.24, 2.45) is 0 Å². The van der Waals surface area contributed by atoms with Crippen LogP contribution in [0.1, 0.15) is 79.7 Å². The van der Waals surface area contributed by atoms with Gasteiger partial charge in [0.15, 0.2) is 5.82 Å². The topological polar surface area (TPSA) is 69.2 Å². The van der Waals surface area contributed by atoms with Gasteiger partial charge in [0.05, 0.1) is 31.0 Å². The molecule has 0 radical (unpaired) electrons. The largest absolute Gasteiger partial charge is 0.468 e. The summed E-state index contributed by atoms with van der Waals surface area (Å²) in [6.07, 6.45) is 10.2. The maximum atomic E-state index is 6.04. The van der Waals surface area contributed by atoms with Gasteiger partial charge in [0.2, 0.25) is 0 Å². The molecule has 3 heterocycles. The number of nitrogens with zero attached hydrogens (tertiary/aromatic N) is 5. The highest BCUT2D eigenvalue weighted by atomic mass is 16.5. The maximum Gasteiger partial charge on any atom is 0.173 e. The zero-order valence-electron chi connectivity index (χ0n) is 18.9. The van der Waals surface area contributed by atoms with Crippen LogP contribution in [-0.2, 0) is 11.3 Å². The third-order valence-electron chi connectivity index (χ3n) is 6.84. The van der Waals surface area contributed by atoms with Crippen molar-refractivity contribution in [1.29, 1.82) is 0 Å². The van der Waals surface area contributed by atoms with Gasteiger partial charge in [0.1, 0.15) is 5.76 Å². The Morgan fingerprint density at radius 1 is 1.06 bits per heavy atom. The van der Waals surface area contributed by atoms with Crippen LogP contribution in [0.3, 0.4) is 0 Å². The second-order valence-electron chi connectivity index (χ2n) is 9.23. The van der Waals surface area contributed by atoms with Gasteiger partial charge in [-0.3, -0.25) is 4.90 Å². The summed E-state index contributed by atoms with van der Waals surface area (Å²) in [5, 5.41) is 13.2. The molecule has 7 heteroatoms. The number of benzene rings is 1. The molecule has 0 spiro atoms. The molecule has 2 unspecified atom stereocenters. The van der Waals surface area contributed by atoms with Crippen LogP contribution in [0, 0.1) is 6.92 Å². The van der Waals surface area contributed by atoms with Gasteiger partial charge in [0.25, 0.3) is 0 Å². The van der Waals surface area contributed by atoms with Gasteiger partial charge in [-0.25, -0.2) is 4.68 Å². The first kappa shape index (κ1) is 21.3. The molecule has 0 N–H and O–H groups in total. The molecule has 32 heavy (non-hydrogen) atoms. The number of tetrazole rings is 1. The minimum Gasteiger partial charge on any atom is -0.468 e. The normalized spacial score (nSPS) is 20.8. The number of aryl methyl sites for hydroxylation is 1. The van der Waals surface area contributed by atoms with Gasteiger partial charge in [-0.2, -0.15) is 0 Å². The van der Waals surface area contributed by atoms with Crippen molar-refractivity contribution >= 4 is 0 Å². The number of rotatable bonds is 8. The molecule has 1 aromatic carbocycles. The molecule has 3 aromatic rings. The third kappa shape index (κ3) is 4.79. The van der Waals surface area contributed by atoms with Crippen LogP contribution in [0.25, 0.3) is 0 Å². The van der Waals surface area contributed by atoms with Gasteiger partial charge < -0.3 is 9.15 Å². The molecule has 0 bridgehead atoms. The Kier molecular flexibility index (Phi) is 6.64. The number of ether oxygens (including phenoxy) is 1. The molecule has 1 aliphatic heterocycles. The Labute approximate surface area is 189 Å². The van der Waals surface area contributed by atoms with E-state index in [-0.39, 0.29) is 12.1 Å². The first-order chi connectivity index (χ1) is 15.8. The van der Waals surface area contributed by atoms with Gasteiger partial charge in [0, 0.05) is 13.2 Å². The Hall–Kier alpha value is -2.51. The van der Waals surface area contributed by atoms with E-state index in [0.717, 1.165) is 50.4 Å². The second kappa shape index (κ2) is 9.96. The van der Waals surface area contributed by atoms with E-state index in [4.69, 9.17) is 9.15 Å². The smallest absolute Gasteiger partial charge is 0.173 e. The van der Waals surface area contributed by atoms with Gasteiger partial charge in [-0.05, 0) is 60.7 Å². The quantitative estimate of drug-likeness (QED) is 0.504. The number of hydrogen-bond acceptors (Lipinski definition) is 6. The first-order valence-corrected chi connectivity index (χ1v) is 12.0. The summed E-state index contributed by atoms with van der Waals surface area (Å²) in [5.74, 6) is 1.86. The fraction of sp³-hybridized carbons (Fsp3) is 0.560. The monoisotopic (exact) mass is 435 g/mol. The minimum atomic E-state index is -0.0678. The molecule has 0 amide bonds. The van der Waals surface area contributed by atoms with Crippen LogP contribution < -0.4 is 0 Å². The van der Waals surface area contributed by atoms with Crippen LogP contribution in [0.4, 0.5) is 0 Å². The highest BCUT2D eigenvalue weighted by molar-refractivity contribution is 5.28. The average molecular weight is 436 g/mol. The van der Waals surface area contributed by atoms with Crippen molar-refractivity contribution in [3.05, 3.63) is 65.4 Å². The van der Waals surface area contributed by atoms with E-state index >= 15 is 0 Å². The molecule has 2 atom stereocenters. The lowest BCUT2D eigenvalue weighted by atomic mass is 9.95. The SMILES string of the molecule is Cc1ccc(C(c2nnnn2C2CCCCC2)N(Cc2ccco2)CC2CCCO2)cc1. The lowest BCUT2D eigenvalue weighted by Crippen LogP contribution is -2.37. The Bertz CT molecular complexity index is 957. The van der Waals surface area contributed by atoms with Crippen molar-refractivity contribution in [2.75, 3.05) is 13.2 Å². The summed E-state index contributed by atoms with van der Waals surface area (Å²) in [5.41, 5.74) is 2.45. The average Bonchev–Trinajstić information content (AvgIpc) is 3.59. The molecule has 1 aliphatic carbocycles. The van der Waals surface area contributed by atoms with Crippen molar-refractivity contribution in [2.45, 2.75) is 76.6 Å². The van der Waals surface area contributed by atoms with E-state index in [1.54, 1.807) is 6.26 Å². The van der Waals surface area contributed by atoms with Crippen molar-refractivity contribution in [3.63, 3.8) is 0 Å². The molecule has 5 rings (SSSR count). The molecule has 2 fully saturated rings. The number of hydrogen-bond donors (Lipinski definition) is 0. The van der Waals surface area contributed by atoms with Crippen molar-refractivity contribution < 1.29 is 9.15 Å². The summed E-state index contributed by atoms with van der Waals surface area (Å²) < 4.78 is 13.9. The fourth-order valence-electron chi connectivity index (χ4n) is 5.15. The minimum absolute atomic E-state index is 0.0678. The number of furan rings is 1.